The van der Waals surface area contributed by atoms with E-state index in [2.05, 4.69) is 29.3 Å². The quantitative estimate of drug-likeness (QED) is 0.780. The average molecular weight is 370 g/mol. The lowest BCUT2D eigenvalue weighted by Gasteiger charge is -2.24. The Hall–Kier alpha value is -2.76. The van der Waals surface area contributed by atoms with E-state index in [0.29, 0.717) is 36.9 Å². The van der Waals surface area contributed by atoms with Gasteiger partial charge in [0, 0.05) is 18.3 Å². The fraction of sp³-hybridized carbons (Fsp3) is 0.429. The van der Waals surface area contributed by atoms with E-state index in [1.54, 1.807) is 19.9 Å². The number of carboxylic acids is 1. The Balaban J connectivity index is 1.66. The minimum Gasteiger partial charge on any atom is -0.481 e. The molecular formula is C21H26N2O4. The second-order valence-corrected chi connectivity index (χ2v) is 7.76. The van der Waals surface area contributed by atoms with Crippen LogP contribution in [0.25, 0.3) is 0 Å². The van der Waals surface area contributed by atoms with Crippen LogP contribution in [0.4, 0.5) is 5.69 Å². The van der Waals surface area contributed by atoms with Crippen LogP contribution < -0.4 is 10.2 Å². The predicted molar refractivity (Wildman–Crippen MR) is 103 cm³/mol. The lowest BCUT2D eigenvalue weighted by molar-refractivity contribution is -0.147. The zero-order valence-corrected chi connectivity index (χ0v) is 16.0. The van der Waals surface area contributed by atoms with Crippen LogP contribution in [0, 0.1) is 5.41 Å². The molecule has 1 aromatic carbocycles. The van der Waals surface area contributed by atoms with E-state index in [-0.39, 0.29) is 5.91 Å². The highest BCUT2D eigenvalue weighted by Gasteiger charge is 2.29. The Morgan fingerprint density at radius 3 is 2.78 bits per heavy atom. The molecule has 3 rings (SSSR count). The highest BCUT2D eigenvalue weighted by molar-refractivity contribution is 5.95. The van der Waals surface area contributed by atoms with E-state index in [9.17, 15) is 9.59 Å². The molecule has 0 saturated carbocycles. The molecule has 1 aliphatic rings. The zero-order chi connectivity index (χ0) is 19.6. The molecule has 1 unspecified atom stereocenters. The number of carboxylic acid groups (broad SMARTS) is 1. The van der Waals surface area contributed by atoms with Crippen molar-refractivity contribution >= 4 is 17.6 Å². The number of nitrogens with one attached hydrogen (secondary N) is 1. The Labute approximate surface area is 159 Å². The van der Waals surface area contributed by atoms with Crippen molar-refractivity contribution in [3.63, 3.8) is 0 Å². The van der Waals surface area contributed by atoms with Crippen LogP contribution in [0.2, 0.25) is 0 Å². The lowest BCUT2D eigenvalue weighted by atomic mass is 9.90. The van der Waals surface area contributed by atoms with Gasteiger partial charge in [0.1, 0.15) is 5.76 Å². The first-order chi connectivity index (χ1) is 12.8. The maximum absolute atomic E-state index is 12.5. The molecule has 1 aliphatic heterocycles. The molecular weight excluding hydrogens is 344 g/mol. The van der Waals surface area contributed by atoms with E-state index in [1.807, 2.05) is 12.1 Å². The highest BCUT2D eigenvalue weighted by atomic mass is 16.4. The van der Waals surface area contributed by atoms with Gasteiger partial charge < -0.3 is 19.7 Å². The lowest BCUT2D eigenvalue weighted by Crippen LogP contribution is -2.33. The van der Waals surface area contributed by atoms with Gasteiger partial charge in [-0.05, 0) is 51.3 Å². The van der Waals surface area contributed by atoms with Gasteiger partial charge in [0.25, 0.3) is 5.91 Å². The first-order valence-corrected chi connectivity index (χ1v) is 9.22. The van der Waals surface area contributed by atoms with Crippen LogP contribution in [-0.2, 0) is 17.8 Å². The molecule has 27 heavy (non-hydrogen) atoms. The van der Waals surface area contributed by atoms with E-state index < -0.39 is 11.4 Å². The number of aliphatic carboxylic acids is 1. The second-order valence-electron chi connectivity index (χ2n) is 7.76. The number of rotatable bonds is 7. The highest BCUT2D eigenvalue weighted by Crippen LogP contribution is 2.33. The molecule has 144 valence electrons. The summed E-state index contributed by atoms with van der Waals surface area (Å²) in [6.07, 6.45) is 2.86. The van der Waals surface area contributed by atoms with Crippen molar-refractivity contribution in [2.75, 3.05) is 11.4 Å². The van der Waals surface area contributed by atoms with Gasteiger partial charge in [0.05, 0.1) is 23.8 Å². The van der Waals surface area contributed by atoms with Crippen molar-refractivity contribution in [1.82, 2.24) is 5.32 Å². The number of nitrogens with zero attached hydrogens (tertiary/aromatic N) is 1. The van der Waals surface area contributed by atoms with Crippen molar-refractivity contribution in [2.45, 2.75) is 46.2 Å². The molecule has 1 aromatic heterocycles. The summed E-state index contributed by atoms with van der Waals surface area (Å²) < 4.78 is 5.60. The van der Waals surface area contributed by atoms with E-state index in [4.69, 9.17) is 9.52 Å². The topological polar surface area (TPSA) is 82.8 Å². The first kappa shape index (κ1) is 19.0. The molecule has 0 bridgehead atoms. The molecule has 2 heterocycles. The van der Waals surface area contributed by atoms with Crippen LogP contribution in [0.1, 0.15) is 48.9 Å². The maximum atomic E-state index is 12.5. The predicted octanol–water partition coefficient (Wildman–Crippen LogP) is 3.46. The van der Waals surface area contributed by atoms with Crippen LogP contribution in [0.3, 0.4) is 0 Å². The molecule has 0 radical (unpaired) electrons. The number of furan rings is 1. The molecule has 0 saturated heterocycles. The van der Waals surface area contributed by atoms with Crippen LogP contribution in [0.15, 0.2) is 41.0 Å². The Bertz CT molecular complexity index is 840. The number of hydrogen-bond donors (Lipinski definition) is 2. The van der Waals surface area contributed by atoms with Crippen molar-refractivity contribution in [3.8, 4) is 0 Å². The molecule has 2 N–H and O–H groups in total. The number of anilines is 1. The number of fused-ring (bicyclic) bond motifs is 1. The van der Waals surface area contributed by atoms with Gasteiger partial charge in [0.15, 0.2) is 0 Å². The van der Waals surface area contributed by atoms with Crippen LogP contribution >= 0.6 is 0 Å². The summed E-state index contributed by atoms with van der Waals surface area (Å²) in [4.78, 5) is 26.0. The molecule has 2 aromatic rings. The average Bonchev–Trinajstić information content (AvgIpc) is 3.20. The minimum absolute atomic E-state index is 0.236. The van der Waals surface area contributed by atoms with Gasteiger partial charge in [-0.1, -0.05) is 18.2 Å². The Kier molecular flexibility index (Phi) is 5.26. The number of carbonyl (C=O) groups excluding carboxylic acids is 1. The molecule has 1 amide bonds. The summed E-state index contributed by atoms with van der Waals surface area (Å²) in [5.74, 6) is -0.490. The maximum Gasteiger partial charge on any atom is 0.309 e. The monoisotopic (exact) mass is 370 g/mol. The standard InChI is InChI=1S/C21H26N2O4/c1-14-12-15-6-4-5-7-17(15)23(14)13-18-16(8-11-27-18)19(24)22-10-9-21(2,3)20(25)26/h4-8,11,14H,9-10,12-13H2,1-3H3,(H,22,24)(H,25,26). The summed E-state index contributed by atoms with van der Waals surface area (Å²) in [5.41, 5.74) is 2.11. The van der Waals surface area contributed by atoms with E-state index in [1.165, 1.54) is 17.5 Å². The van der Waals surface area contributed by atoms with Gasteiger partial charge >= 0.3 is 5.97 Å². The number of carbonyl (C=O) groups is 2. The first-order valence-electron chi connectivity index (χ1n) is 9.22. The molecule has 1 atom stereocenters. The van der Waals surface area contributed by atoms with Gasteiger partial charge in [-0.15, -0.1) is 0 Å². The number of para-hydroxylation sites is 1. The fourth-order valence-corrected chi connectivity index (χ4v) is 3.38. The Morgan fingerprint density at radius 1 is 1.30 bits per heavy atom. The van der Waals surface area contributed by atoms with Gasteiger partial charge in [-0.2, -0.15) is 0 Å². The van der Waals surface area contributed by atoms with Crippen molar-refractivity contribution in [1.29, 1.82) is 0 Å². The van der Waals surface area contributed by atoms with Crippen LogP contribution in [-0.4, -0.2) is 29.6 Å². The molecule has 6 heteroatoms. The zero-order valence-electron chi connectivity index (χ0n) is 16.0. The number of hydrogen-bond acceptors (Lipinski definition) is 4. The summed E-state index contributed by atoms with van der Waals surface area (Å²) in [6.45, 7) is 6.28. The second kappa shape index (κ2) is 7.47. The largest absolute Gasteiger partial charge is 0.481 e. The smallest absolute Gasteiger partial charge is 0.309 e. The number of amides is 1. The third-order valence-corrected chi connectivity index (χ3v) is 5.27. The summed E-state index contributed by atoms with van der Waals surface area (Å²) in [6, 6.07) is 10.3. The molecule has 0 spiro atoms. The van der Waals surface area contributed by atoms with Gasteiger partial charge in [-0.25, -0.2) is 0 Å². The van der Waals surface area contributed by atoms with Crippen LogP contribution in [0.5, 0.6) is 0 Å². The number of benzene rings is 1. The summed E-state index contributed by atoms with van der Waals surface area (Å²) in [5, 5.41) is 12.0. The van der Waals surface area contributed by atoms with Crippen molar-refractivity contribution in [3.05, 3.63) is 53.5 Å². The minimum atomic E-state index is -0.874. The molecule has 0 fully saturated rings. The fourth-order valence-electron chi connectivity index (χ4n) is 3.38. The third kappa shape index (κ3) is 3.99. The van der Waals surface area contributed by atoms with Crippen molar-refractivity contribution in [2.24, 2.45) is 5.41 Å². The van der Waals surface area contributed by atoms with Gasteiger partial charge in [0.2, 0.25) is 0 Å². The van der Waals surface area contributed by atoms with Crippen molar-refractivity contribution < 1.29 is 19.1 Å². The normalized spacial score (nSPS) is 16.3. The van der Waals surface area contributed by atoms with Gasteiger partial charge in [-0.3, -0.25) is 9.59 Å². The summed E-state index contributed by atoms with van der Waals surface area (Å²) >= 11 is 0. The summed E-state index contributed by atoms with van der Waals surface area (Å²) in [7, 11) is 0. The molecule has 0 aliphatic carbocycles. The SMILES string of the molecule is CC1Cc2ccccc2N1Cc1occc1C(=O)NCCC(C)(C)C(=O)O. The van der Waals surface area contributed by atoms with E-state index in [0.717, 1.165) is 6.42 Å². The Morgan fingerprint density at radius 2 is 2.04 bits per heavy atom. The van der Waals surface area contributed by atoms with E-state index >= 15 is 0 Å². The molecule has 6 nitrogen and oxygen atoms in total. The third-order valence-electron chi connectivity index (χ3n) is 5.27.